The molecule has 180 valence electrons. The van der Waals surface area contributed by atoms with Crippen molar-refractivity contribution in [2.75, 3.05) is 41.4 Å². The molecule has 0 spiro atoms. The number of nitrogens with one attached hydrogen (secondary N) is 2. The van der Waals surface area contributed by atoms with Crippen molar-refractivity contribution in [2.45, 2.75) is 25.4 Å². The van der Waals surface area contributed by atoms with Crippen LogP contribution in [0.1, 0.15) is 23.2 Å². The molecule has 2 aromatic carbocycles. The summed E-state index contributed by atoms with van der Waals surface area (Å²) < 4.78 is 80.6. The topological polar surface area (TPSA) is 79.6 Å². The summed E-state index contributed by atoms with van der Waals surface area (Å²) in [6.07, 6.45) is -8.91. The van der Waals surface area contributed by atoms with Gasteiger partial charge in [-0.3, -0.25) is 4.79 Å². The number of amides is 1. The van der Waals surface area contributed by atoms with Gasteiger partial charge >= 0.3 is 12.5 Å². The van der Waals surface area contributed by atoms with Crippen molar-refractivity contribution in [1.82, 2.24) is 0 Å². The molecule has 0 radical (unpaired) electrons. The SMILES string of the molecule is CNc1cc(N2CCCC(C(F)(F)F)C2)c(C(=O)Nc2ccc(OC(F)(F)F)cc2)cc1N. The molecule has 2 aromatic rings. The number of rotatable bonds is 5. The van der Waals surface area contributed by atoms with E-state index in [1.165, 1.54) is 29.2 Å². The third-order valence-corrected chi connectivity index (χ3v) is 5.25. The summed E-state index contributed by atoms with van der Waals surface area (Å²) in [6.45, 7) is 0.0176. The van der Waals surface area contributed by atoms with Gasteiger partial charge in [-0.05, 0) is 49.2 Å². The van der Waals surface area contributed by atoms with E-state index in [1.807, 2.05) is 0 Å². The monoisotopic (exact) mass is 476 g/mol. The van der Waals surface area contributed by atoms with E-state index in [2.05, 4.69) is 15.4 Å². The molecule has 1 saturated heterocycles. The van der Waals surface area contributed by atoms with E-state index in [1.54, 1.807) is 7.05 Å². The number of halogens is 6. The van der Waals surface area contributed by atoms with Gasteiger partial charge in [0, 0.05) is 25.8 Å². The number of benzene rings is 2. The van der Waals surface area contributed by atoms with Crippen LogP contribution in [0.4, 0.5) is 49.1 Å². The van der Waals surface area contributed by atoms with E-state index in [9.17, 15) is 31.1 Å². The van der Waals surface area contributed by atoms with Crippen molar-refractivity contribution in [3.05, 3.63) is 42.0 Å². The molecule has 12 heteroatoms. The van der Waals surface area contributed by atoms with Gasteiger partial charge in [-0.15, -0.1) is 13.2 Å². The lowest BCUT2D eigenvalue weighted by atomic mass is 9.96. The van der Waals surface area contributed by atoms with Crippen LogP contribution >= 0.6 is 0 Å². The zero-order valence-electron chi connectivity index (χ0n) is 17.5. The van der Waals surface area contributed by atoms with Crippen LogP contribution in [-0.2, 0) is 0 Å². The normalized spacial score (nSPS) is 16.9. The second-order valence-electron chi connectivity index (χ2n) is 7.56. The van der Waals surface area contributed by atoms with Crippen LogP contribution in [0, 0.1) is 5.92 Å². The minimum Gasteiger partial charge on any atom is -0.406 e. The number of nitrogens with two attached hydrogens (primary N) is 1. The fourth-order valence-electron chi connectivity index (χ4n) is 3.67. The lowest BCUT2D eigenvalue weighted by molar-refractivity contribution is -0.274. The number of alkyl halides is 6. The second-order valence-corrected chi connectivity index (χ2v) is 7.56. The maximum absolute atomic E-state index is 13.3. The van der Waals surface area contributed by atoms with Crippen LogP contribution in [0.25, 0.3) is 0 Å². The van der Waals surface area contributed by atoms with Gasteiger partial charge in [-0.1, -0.05) is 0 Å². The van der Waals surface area contributed by atoms with Crippen LogP contribution in [-0.4, -0.2) is 38.6 Å². The Morgan fingerprint density at radius 3 is 2.36 bits per heavy atom. The van der Waals surface area contributed by atoms with E-state index in [0.29, 0.717) is 18.7 Å². The highest BCUT2D eigenvalue weighted by atomic mass is 19.4. The van der Waals surface area contributed by atoms with Crippen LogP contribution in [0.3, 0.4) is 0 Å². The molecule has 0 saturated carbocycles. The van der Waals surface area contributed by atoms with E-state index < -0.39 is 30.1 Å². The number of piperidine rings is 1. The number of ether oxygens (including phenoxy) is 1. The number of anilines is 4. The number of hydrogen-bond donors (Lipinski definition) is 3. The summed E-state index contributed by atoms with van der Waals surface area (Å²) in [7, 11) is 1.59. The first-order valence-corrected chi connectivity index (χ1v) is 9.97. The molecule has 0 bridgehead atoms. The Labute approximate surface area is 185 Å². The molecule has 4 N–H and O–H groups in total. The van der Waals surface area contributed by atoms with E-state index >= 15 is 0 Å². The van der Waals surface area contributed by atoms with Crippen molar-refractivity contribution in [3.63, 3.8) is 0 Å². The quantitative estimate of drug-likeness (QED) is 0.406. The summed E-state index contributed by atoms with van der Waals surface area (Å²) in [4.78, 5) is 14.5. The predicted molar refractivity (Wildman–Crippen MR) is 112 cm³/mol. The number of carbonyl (C=O) groups is 1. The Morgan fingerprint density at radius 2 is 1.79 bits per heavy atom. The highest BCUT2D eigenvalue weighted by molar-refractivity contribution is 6.09. The standard InChI is InChI=1S/C21H22F6N4O2/c1-29-17-10-18(31-8-2-3-12(11-31)20(22,23)24)15(9-16(17)28)19(32)30-13-4-6-14(7-5-13)33-21(25,26)27/h4-7,9-10,12,29H,2-3,8,11,28H2,1H3,(H,30,32). The van der Waals surface area contributed by atoms with E-state index in [4.69, 9.17) is 5.73 Å². The van der Waals surface area contributed by atoms with Crippen molar-refractivity contribution < 1.29 is 35.9 Å². The predicted octanol–water partition coefficient (Wildman–Crippen LogP) is 5.24. The molecule has 6 nitrogen and oxygen atoms in total. The average Bonchev–Trinajstić information content (AvgIpc) is 2.73. The molecule has 1 atom stereocenters. The Morgan fingerprint density at radius 1 is 1.12 bits per heavy atom. The number of nitrogens with zero attached hydrogens (tertiary/aromatic N) is 1. The van der Waals surface area contributed by atoms with E-state index in [-0.39, 0.29) is 35.6 Å². The molecule has 1 amide bonds. The Kier molecular flexibility index (Phi) is 6.84. The summed E-state index contributed by atoms with van der Waals surface area (Å²) >= 11 is 0. The highest BCUT2D eigenvalue weighted by Gasteiger charge is 2.42. The van der Waals surface area contributed by atoms with Crippen LogP contribution < -0.4 is 26.0 Å². The third-order valence-electron chi connectivity index (χ3n) is 5.25. The first-order valence-electron chi connectivity index (χ1n) is 9.97. The molecule has 1 aliphatic rings. The average molecular weight is 476 g/mol. The van der Waals surface area contributed by atoms with Crippen LogP contribution in [0.15, 0.2) is 36.4 Å². The summed E-state index contributed by atoms with van der Waals surface area (Å²) in [5.74, 6) is -2.66. The third kappa shape index (κ3) is 6.14. The fourth-order valence-corrected chi connectivity index (χ4v) is 3.67. The molecular weight excluding hydrogens is 454 g/mol. The molecule has 1 heterocycles. The van der Waals surface area contributed by atoms with Gasteiger partial charge in [0.25, 0.3) is 5.91 Å². The zero-order valence-corrected chi connectivity index (χ0v) is 17.5. The largest absolute Gasteiger partial charge is 0.573 e. The minimum atomic E-state index is -4.85. The maximum Gasteiger partial charge on any atom is 0.573 e. The van der Waals surface area contributed by atoms with Crippen molar-refractivity contribution in [2.24, 2.45) is 5.92 Å². The van der Waals surface area contributed by atoms with Gasteiger partial charge < -0.3 is 26.0 Å². The number of nitrogen functional groups attached to an aromatic ring is 1. The van der Waals surface area contributed by atoms with Gasteiger partial charge in [0.05, 0.1) is 28.5 Å². The lowest BCUT2D eigenvalue weighted by Crippen LogP contribution is -2.42. The van der Waals surface area contributed by atoms with Gasteiger partial charge in [0.1, 0.15) is 5.75 Å². The van der Waals surface area contributed by atoms with Gasteiger partial charge in [0.2, 0.25) is 0 Å². The van der Waals surface area contributed by atoms with Crippen molar-refractivity contribution in [3.8, 4) is 5.75 Å². The molecule has 0 aliphatic carbocycles. The smallest absolute Gasteiger partial charge is 0.406 e. The fraction of sp³-hybridized carbons (Fsp3) is 0.381. The first kappa shape index (κ1) is 24.3. The van der Waals surface area contributed by atoms with Crippen LogP contribution in [0.2, 0.25) is 0 Å². The summed E-state index contributed by atoms with van der Waals surface area (Å²) in [6, 6.07) is 7.36. The van der Waals surface area contributed by atoms with Gasteiger partial charge in [-0.2, -0.15) is 13.2 Å². The van der Waals surface area contributed by atoms with Gasteiger partial charge in [-0.25, -0.2) is 0 Å². The molecule has 0 aromatic heterocycles. The maximum atomic E-state index is 13.3. The first-order chi connectivity index (χ1) is 15.4. The molecule has 1 aliphatic heterocycles. The molecule has 1 unspecified atom stereocenters. The Bertz CT molecular complexity index is 992. The van der Waals surface area contributed by atoms with Crippen molar-refractivity contribution in [1.29, 1.82) is 0 Å². The molecule has 33 heavy (non-hydrogen) atoms. The van der Waals surface area contributed by atoms with Gasteiger partial charge in [0.15, 0.2) is 0 Å². The summed E-state index contributed by atoms with van der Waals surface area (Å²) in [5.41, 5.74) is 7.12. The number of hydrogen-bond acceptors (Lipinski definition) is 5. The Hall–Kier alpha value is -3.31. The van der Waals surface area contributed by atoms with Crippen molar-refractivity contribution >= 4 is 28.7 Å². The molecular formula is C21H22F6N4O2. The number of carbonyl (C=O) groups excluding carboxylic acids is 1. The summed E-state index contributed by atoms with van der Waals surface area (Å²) in [5, 5.41) is 5.38. The second kappa shape index (κ2) is 9.28. The molecule has 1 fully saturated rings. The van der Waals surface area contributed by atoms with Crippen LogP contribution in [0.5, 0.6) is 5.75 Å². The molecule has 3 rings (SSSR count). The zero-order chi connectivity index (χ0) is 24.4. The van der Waals surface area contributed by atoms with E-state index in [0.717, 1.165) is 12.1 Å². The Balaban J connectivity index is 1.87. The highest BCUT2D eigenvalue weighted by Crippen LogP contribution is 2.38. The lowest BCUT2D eigenvalue weighted by Gasteiger charge is -2.36. The minimum absolute atomic E-state index is 0.00172.